The van der Waals surface area contributed by atoms with Gasteiger partial charge in [-0.05, 0) is 38.4 Å². The van der Waals surface area contributed by atoms with E-state index in [0.717, 1.165) is 58.7 Å². The van der Waals surface area contributed by atoms with Gasteiger partial charge < -0.3 is 15.1 Å². The molecule has 1 saturated heterocycles. The lowest BCUT2D eigenvalue weighted by atomic mass is 9.97. The Morgan fingerprint density at radius 2 is 1.95 bits per heavy atom. The molecule has 0 unspecified atom stereocenters. The fraction of sp³-hybridized carbons (Fsp3) is 0.938. The predicted molar refractivity (Wildman–Crippen MR) is 84.8 cm³/mol. The van der Waals surface area contributed by atoms with Crippen LogP contribution in [0.2, 0.25) is 0 Å². The van der Waals surface area contributed by atoms with Crippen LogP contribution in [0, 0.1) is 11.8 Å². The SMILES string of the molecule is CCN(CC)CCN(CC(C)C)C(=O)[C@H]1CCCNC1. The van der Waals surface area contributed by atoms with E-state index in [2.05, 4.69) is 42.8 Å². The Bertz CT molecular complexity index is 271. The first-order valence-electron chi connectivity index (χ1n) is 8.30. The molecular formula is C16H33N3O. The van der Waals surface area contributed by atoms with Crippen molar-refractivity contribution in [1.82, 2.24) is 15.1 Å². The van der Waals surface area contributed by atoms with Gasteiger partial charge in [0.2, 0.25) is 5.91 Å². The van der Waals surface area contributed by atoms with Crippen LogP contribution in [0.4, 0.5) is 0 Å². The van der Waals surface area contributed by atoms with E-state index in [4.69, 9.17) is 0 Å². The maximum Gasteiger partial charge on any atom is 0.227 e. The van der Waals surface area contributed by atoms with Crippen molar-refractivity contribution in [2.45, 2.75) is 40.5 Å². The molecule has 1 aliphatic heterocycles. The number of likely N-dealkylation sites (N-methyl/N-ethyl adjacent to an activating group) is 1. The molecule has 1 fully saturated rings. The van der Waals surface area contributed by atoms with Crippen molar-refractivity contribution < 1.29 is 4.79 Å². The highest BCUT2D eigenvalue weighted by Gasteiger charge is 2.26. The average Bonchev–Trinajstić information content (AvgIpc) is 2.46. The summed E-state index contributed by atoms with van der Waals surface area (Å²) in [5, 5.41) is 3.35. The van der Waals surface area contributed by atoms with Crippen molar-refractivity contribution in [3.63, 3.8) is 0 Å². The standard InChI is InChI=1S/C16H33N3O/c1-5-18(6-2)10-11-19(13-14(3)4)16(20)15-8-7-9-17-12-15/h14-15,17H,5-13H2,1-4H3/t15-/m0/s1. The van der Waals surface area contributed by atoms with E-state index in [1.807, 2.05) is 0 Å². The number of piperidine rings is 1. The van der Waals surface area contributed by atoms with Crippen LogP contribution in [-0.2, 0) is 4.79 Å². The maximum absolute atomic E-state index is 12.7. The molecular weight excluding hydrogens is 250 g/mol. The van der Waals surface area contributed by atoms with Crippen LogP contribution in [0.3, 0.4) is 0 Å². The zero-order valence-electron chi connectivity index (χ0n) is 13.8. The third kappa shape index (κ3) is 5.80. The molecule has 4 nitrogen and oxygen atoms in total. The summed E-state index contributed by atoms with van der Waals surface area (Å²) in [6.07, 6.45) is 2.17. The second kappa shape index (κ2) is 9.35. The topological polar surface area (TPSA) is 35.6 Å². The van der Waals surface area contributed by atoms with Crippen molar-refractivity contribution in [2.24, 2.45) is 11.8 Å². The minimum atomic E-state index is 0.194. The van der Waals surface area contributed by atoms with Crippen molar-refractivity contribution >= 4 is 5.91 Å². The zero-order chi connectivity index (χ0) is 15.0. The summed E-state index contributed by atoms with van der Waals surface area (Å²) in [4.78, 5) is 17.2. The molecule has 0 aromatic rings. The highest BCUT2D eigenvalue weighted by Crippen LogP contribution is 2.14. The maximum atomic E-state index is 12.7. The summed E-state index contributed by atoms with van der Waals surface area (Å²) >= 11 is 0. The molecule has 0 spiro atoms. The molecule has 1 heterocycles. The fourth-order valence-corrected chi connectivity index (χ4v) is 2.85. The second-order valence-electron chi connectivity index (χ2n) is 6.25. The van der Waals surface area contributed by atoms with Crippen LogP contribution in [0.5, 0.6) is 0 Å². The molecule has 20 heavy (non-hydrogen) atoms. The normalized spacial score (nSPS) is 19.6. The van der Waals surface area contributed by atoms with Gasteiger partial charge in [-0.3, -0.25) is 4.79 Å². The average molecular weight is 283 g/mol. The molecule has 1 aliphatic rings. The van der Waals surface area contributed by atoms with Gasteiger partial charge >= 0.3 is 0 Å². The smallest absolute Gasteiger partial charge is 0.227 e. The third-order valence-electron chi connectivity index (χ3n) is 4.12. The van der Waals surface area contributed by atoms with Gasteiger partial charge in [-0.15, -0.1) is 0 Å². The van der Waals surface area contributed by atoms with Crippen molar-refractivity contribution in [3.05, 3.63) is 0 Å². The van der Waals surface area contributed by atoms with Gasteiger partial charge in [0.15, 0.2) is 0 Å². The van der Waals surface area contributed by atoms with Gasteiger partial charge in [0, 0.05) is 26.2 Å². The molecule has 4 heteroatoms. The largest absolute Gasteiger partial charge is 0.341 e. The molecule has 0 radical (unpaired) electrons. The van der Waals surface area contributed by atoms with E-state index in [0.29, 0.717) is 11.8 Å². The molecule has 0 aromatic carbocycles. The Morgan fingerprint density at radius 1 is 1.25 bits per heavy atom. The monoisotopic (exact) mass is 283 g/mol. The summed E-state index contributed by atoms with van der Waals surface area (Å²) in [5.41, 5.74) is 0. The highest BCUT2D eigenvalue weighted by atomic mass is 16.2. The first-order valence-corrected chi connectivity index (χ1v) is 8.30. The van der Waals surface area contributed by atoms with Gasteiger partial charge in [0.05, 0.1) is 5.92 Å². The van der Waals surface area contributed by atoms with E-state index in [1.165, 1.54) is 0 Å². The Balaban J connectivity index is 2.55. The van der Waals surface area contributed by atoms with Gasteiger partial charge in [-0.2, -0.15) is 0 Å². The minimum Gasteiger partial charge on any atom is -0.341 e. The minimum absolute atomic E-state index is 0.194. The van der Waals surface area contributed by atoms with Crippen LogP contribution < -0.4 is 5.32 Å². The van der Waals surface area contributed by atoms with Crippen LogP contribution in [0.1, 0.15) is 40.5 Å². The summed E-state index contributed by atoms with van der Waals surface area (Å²) in [6, 6.07) is 0. The number of hydrogen-bond donors (Lipinski definition) is 1. The van der Waals surface area contributed by atoms with Crippen molar-refractivity contribution in [2.75, 3.05) is 45.8 Å². The first-order chi connectivity index (χ1) is 9.58. The van der Waals surface area contributed by atoms with Crippen LogP contribution in [0.25, 0.3) is 0 Å². The predicted octanol–water partition coefficient (Wildman–Crippen LogP) is 1.81. The molecule has 1 rings (SSSR count). The number of nitrogens with one attached hydrogen (secondary N) is 1. The summed E-state index contributed by atoms with van der Waals surface area (Å²) in [6.45, 7) is 15.5. The molecule has 1 atom stereocenters. The number of nitrogens with zero attached hydrogens (tertiary/aromatic N) is 2. The Labute approximate surface area is 124 Å². The highest BCUT2D eigenvalue weighted by molar-refractivity contribution is 5.79. The van der Waals surface area contributed by atoms with Crippen LogP contribution >= 0.6 is 0 Å². The molecule has 1 amide bonds. The van der Waals surface area contributed by atoms with Gasteiger partial charge in [-0.1, -0.05) is 27.7 Å². The third-order valence-corrected chi connectivity index (χ3v) is 4.12. The first kappa shape index (κ1) is 17.4. The molecule has 0 bridgehead atoms. The Kier molecular flexibility index (Phi) is 8.15. The lowest BCUT2D eigenvalue weighted by molar-refractivity contribution is -0.136. The van der Waals surface area contributed by atoms with Gasteiger partial charge in [0.1, 0.15) is 0 Å². The second-order valence-corrected chi connectivity index (χ2v) is 6.25. The van der Waals surface area contributed by atoms with E-state index in [1.54, 1.807) is 0 Å². The van der Waals surface area contributed by atoms with Crippen LogP contribution in [0.15, 0.2) is 0 Å². The number of rotatable bonds is 8. The number of hydrogen-bond acceptors (Lipinski definition) is 3. The van der Waals surface area contributed by atoms with E-state index < -0.39 is 0 Å². The molecule has 118 valence electrons. The number of carbonyl (C=O) groups excluding carboxylic acids is 1. The van der Waals surface area contributed by atoms with Crippen LogP contribution in [-0.4, -0.2) is 61.5 Å². The van der Waals surface area contributed by atoms with E-state index >= 15 is 0 Å². The molecule has 0 aliphatic carbocycles. The van der Waals surface area contributed by atoms with Crippen molar-refractivity contribution in [3.8, 4) is 0 Å². The number of amides is 1. The molecule has 1 N–H and O–H groups in total. The zero-order valence-corrected chi connectivity index (χ0v) is 13.8. The Morgan fingerprint density at radius 3 is 2.45 bits per heavy atom. The van der Waals surface area contributed by atoms with Gasteiger partial charge in [-0.25, -0.2) is 0 Å². The van der Waals surface area contributed by atoms with Gasteiger partial charge in [0.25, 0.3) is 0 Å². The van der Waals surface area contributed by atoms with E-state index in [-0.39, 0.29) is 5.92 Å². The Hall–Kier alpha value is -0.610. The lowest BCUT2D eigenvalue weighted by Crippen LogP contribution is -2.46. The number of carbonyl (C=O) groups is 1. The molecule has 0 aromatic heterocycles. The quantitative estimate of drug-likeness (QED) is 0.738. The molecule has 0 saturated carbocycles. The fourth-order valence-electron chi connectivity index (χ4n) is 2.85. The lowest BCUT2D eigenvalue weighted by Gasteiger charge is -2.32. The summed E-state index contributed by atoms with van der Waals surface area (Å²) < 4.78 is 0. The van der Waals surface area contributed by atoms with E-state index in [9.17, 15) is 4.79 Å². The van der Waals surface area contributed by atoms with Crippen molar-refractivity contribution in [1.29, 1.82) is 0 Å². The summed E-state index contributed by atoms with van der Waals surface area (Å²) in [5.74, 6) is 1.09. The summed E-state index contributed by atoms with van der Waals surface area (Å²) in [7, 11) is 0.